The summed E-state index contributed by atoms with van der Waals surface area (Å²) in [6, 6.07) is 24.2. The molecule has 0 saturated carbocycles. The van der Waals surface area contributed by atoms with Crippen LogP contribution in [0.3, 0.4) is 0 Å². The van der Waals surface area contributed by atoms with Crippen LogP contribution in [0.15, 0.2) is 85.2 Å². The molecule has 2 atom stereocenters. The zero-order valence-electron chi connectivity index (χ0n) is 20.2. The van der Waals surface area contributed by atoms with E-state index in [4.69, 9.17) is 0 Å². The average Bonchev–Trinajstić information content (AvgIpc) is 3.12. The van der Waals surface area contributed by atoms with Crippen LogP contribution in [-0.4, -0.2) is 55.2 Å². The van der Waals surface area contributed by atoms with Gasteiger partial charge < -0.3 is 10.2 Å². The molecule has 6 heteroatoms. The second kappa shape index (κ2) is 9.72. The number of phenols is 2. The summed E-state index contributed by atoms with van der Waals surface area (Å²) in [4.78, 5) is 14.4. The molecule has 2 aromatic heterocycles. The number of benzene rings is 2. The second-order valence-electron chi connectivity index (χ2n) is 9.94. The van der Waals surface area contributed by atoms with E-state index >= 15 is 0 Å². The molecule has 2 aliphatic rings. The quantitative estimate of drug-likeness (QED) is 0.403. The van der Waals surface area contributed by atoms with Crippen molar-refractivity contribution in [3.63, 3.8) is 0 Å². The highest BCUT2D eigenvalue weighted by Crippen LogP contribution is 2.33. The van der Waals surface area contributed by atoms with E-state index in [-0.39, 0.29) is 11.5 Å². The smallest absolute Gasteiger partial charge is 0.115 e. The third-order valence-corrected chi connectivity index (χ3v) is 7.46. The Morgan fingerprint density at radius 2 is 1.11 bits per heavy atom. The zero-order valence-corrected chi connectivity index (χ0v) is 20.2. The number of likely N-dealkylation sites (tertiary alicyclic amines) is 1. The molecule has 2 N–H and O–H groups in total. The Hall–Kier alpha value is -3.74. The molecule has 6 rings (SSSR count). The van der Waals surface area contributed by atoms with Crippen LogP contribution >= 0.6 is 0 Å². The van der Waals surface area contributed by atoms with Crippen molar-refractivity contribution < 1.29 is 10.2 Å². The van der Waals surface area contributed by atoms with Crippen molar-refractivity contribution in [3.8, 4) is 34.0 Å². The summed E-state index contributed by atoms with van der Waals surface area (Å²) in [6.45, 7) is 4.01. The third kappa shape index (κ3) is 4.83. The summed E-state index contributed by atoms with van der Waals surface area (Å²) in [5, 5.41) is 19.2. The molecule has 0 spiro atoms. The largest absolute Gasteiger partial charge is 0.508 e. The van der Waals surface area contributed by atoms with Crippen LogP contribution in [0.25, 0.3) is 22.5 Å². The predicted molar refractivity (Wildman–Crippen MR) is 140 cm³/mol. The number of pyridine rings is 2. The van der Waals surface area contributed by atoms with Crippen LogP contribution in [0.1, 0.15) is 24.0 Å². The van der Waals surface area contributed by atoms with E-state index in [2.05, 4.69) is 44.0 Å². The molecule has 2 fully saturated rings. The molecule has 0 amide bonds. The van der Waals surface area contributed by atoms with Crippen molar-refractivity contribution in [1.29, 1.82) is 0 Å². The SMILES string of the molecule is Oc1ccc(-c2cc(CN3C[C@H]4CC[C@@H](C3)N4Cc3ccnc(-c4ccc(O)cc4)c3)ccn2)cc1. The van der Waals surface area contributed by atoms with Crippen LogP contribution in [-0.2, 0) is 13.1 Å². The highest BCUT2D eigenvalue weighted by molar-refractivity contribution is 5.61. The zero-order chi connectivity index (χ0) is 24.5. The molecular formula is C30H30N4O2. The summed E-state index contributed by atoms with van der Waals surface area (Å²) in [5.41, 5.74) is 6.48. The minimum Gasteiger partial charge on any atom is -0.508 e. The van der Waals surface area contributed by atoms with Crippen LogP contribution in [0.5, 0.6) is 11.5 Å². The maximum Gasteiger partial charge on any atom is 0.115 e. The molecule has 6 nitrogen and oxygen atoms in total. The van der Waals surface area contributed by atoms with Gasteiger partial charge >= 0.3 is 0 Å². The minimum absolute atomic E-state index is 0.270. The monoisotopic (exact) mass is 478 g/mol. The first-order valence-electron chi connectivity index (χ1n) is 12.6. The first-order chi connectivity index (χ1) is 17.6. The molecule has 0 aliphatic carbocycles. The maximum atomic E-state index is 9.59. The number of hydrogen-bond acceptors (Lipinski definition) is 6. The van der Waals surface area contributed by atoms with Crippen molar-refractivity contribution in [2.75, 3.05) is 13.1 Å². The van der Waals surface area contributed by atoms with Gasteiger partial charge in [0, 0.05) is 61.8 Å². The molecule has 4 heterocycles. The van der Waals surface area contributed by atoms with Crippen LogP contribution in [0, 0.1) is 0 Å². The lowest BCUT2D eigenvalue weighted by Gasteiger charge is -2.41. The number of rotatable bonds is 6. The van der Waals surface area contributed by atoms with Crippen LogP contribution in [0.2, 0.25) is 0 Å². The summed E-state index contributed by atoms with van der Waals surface area (Å²) in [6.07, 6.45) is 6.26. The fourth-order valence-electron chi connectivity index (χ4n) is 5.66. The van der Waals surface area contributed by atoms with E-state index in [0.717, 1.165) is 48.7 Å². The van der Waals surface area contributed by atoms with Gasteiger partial charge in [0.2, 0.25) is 0 Å². The highest BCUT2D eigenvalue weighted by Gasteiger charge is 2.39. The number of phenolic OH excluding ortho intramolecular Hbond substituents is 2. The fourth-order valence-corrected chi connectivity index (χ4v) is 5.66. The Morgan fingerprint density at radius 1 is 0.639 bits per heavy atom. The lowest BCUT2D eigenvalue weighted by atomic mass is 10.1. The van der Waals surface area contributed by atoms with Gasteiger partial charge in [-0.2, -0.15) is 0 Å². The number of hydrogen-bond donors (Lipinski definition) is 2. The van der Waals surface area contributed by atoms with Crippen molar-refractivity contribution in [1.82, 2.24) is 19.8 Å². The van der Waals surface area contributed by atoms with Crippen LogP contribution in [0.4, 0.5) is 0 Å². The van der Waals surface area contributed by atoms with E-state index in [9.17, 15) is 10.2 Å². The molecule has 2 aliphatic heterocycles. The minimum atomic E-state index is 0.270. The van der Waals surface area contributed by atoms with Gasteiger partial charge in [0.15, 0.2) is 0 Å². The number of aromatic nitrogens is 2. The van der Waals surface area contributed by atoms with Crippen molar-refractivity contribution >= 4 is 0 Å². The fraction of sp³-hybridized carbons (Fsp3) is 0.267. The van der Waals surface area contributed by atoms with E-state index in [1.165, 1.54) is 24.0 Å². The lowest BCUT2D eigenvalue weighted by Crippen LogP contribution is -2.52. The number of fused-ring (bicyclic) bond motifs is 2. The van der Waals surface area contributed by atoms with Gasteiger partial charge in [0.1, 0.15) is 11.5 Å². The van der Waals surface area contributed by atoms with E-state index in [0.29, 0.717) is 12.1 Å². The van der Waals surface area contributed by atoms with Gasteiger partial charge in [-0.3, -0.25) is 19.8 Å². The van der Waals surface area contributed by atoms with Crippen molar-refractivity contribution in [2.45, 2.75) is 38.0 Å². The Balaban J connectivity index is 1.12. The Morgan fingerprint density at radius 3 is 1.61 bits per heavy atom. The Bertz CT molecular complexity index is 1330. The van der Waals surface area contributed by atoms with Crippen LogP contribution < -0.4 is 0 Å². The highest BCUT2D eigenvalue weighted by atomic mass is 16.3. The number of aromatic hydroxyl groups is 2. The molecule has 2 aromatic carbocycles. The lowest BCUT2D eigenvalue weighted by molar-refractivity contribution is 0.0567. The van der Waals surface area contributed by atoms with Gasteiger partial charge in [0.05, 0.1) is 11.4 Å². The van der Waals surface area contributed by atoms with Gasteiger partial charge in [-0.1, -0.05) is 0 Å². The van der Waals surface area contributed by atoms with E-state index in [1.54, 1.807) is 24.3 Å². The third-order valence-electron chi connectivity index (χ3n) is 7.46. The molecule has 2 bridgehead atoms. The van der Waals surface area contributed by atoms with Gasteiger partial charge in [-0.25, -0.2) is 0 Å². The van der Waals surface area contributed by atoms with E-state index in [1.807, 2.05) is 36.7 Å². The molecular weight excluding hydrogens is 448 g/mol. The first-order valence-corrected chi connectivity index (χ1v) is 12.6. The normalized spacial score (nSPS) is 20.0. The summed E-state index contributed by atoms with van der Waals surface area (Å²) < 4.78 is 0. The summed E-state index contributed by atoms with van der Waals surface area (Å²) in [7, 11) is 0. The molecule has 0 radical (unpaired) electrons. The standard InChI is InChI=1S/C30H30N4O2/c35-27-7-1-23(2-8-27)29-15-21(11-13-31-29)17-33-19-25-5-6-26(20-33)34(25)18-22-12-14-32-30(16-22)24-3-9-28(36)10-4-24/h1-4,7-16,25-26,35-36H,5-6,17-20H2/t25-,26+. The summed E-state index contributed by atoms with van der Waals surface area (Å²) >= 11 is 0. The van der Waals surface area contributed by atoms with Gasteiger partial charge in [0.25, 0.3) is 0 Å². The number of nitrogens with zero attached hydrogens (tertiary/aromatic N) is 4. The van der Waals surface area contributed by atoms with Gasteiger partial charge in [-0.15, -0.1) is 0 Å². The number of piperazine rings is 1. The molecule has 0 unspecified atom stereocenters. The van der Waals surface area contributed by atoms with Gasteiger partial charge in [-0.05, 0) is 96.8 Å². The van der Waals surface area contributed by atoms with E-state index < -0.39 is 0 Å². The molecule has 182 valence electrons. The second-order valence-corrected chi connectivity index (χ2v) is 9.94. The van der Waals surface area contributed by atoms with Crippen molar-refractivity contribution in [2.24, 2.45) is 0 Å². The topological polar surface area (TPSA) is 72.7 Å². The average molecular weight is 479 g/mol. The first kappa shape index (κ1) is 22.7. The Kier molecular flexibility index (Phi) is 6.13. The Labute approximate surface area is 211 Å². The molecule has 4 aromatic rings. The van der Waals surface area contributed by atoms with Crippen molar-refractivity contribution in [3.05, 3.63) is 96.3 Å². The molecule has 2 saturated heterocycles. The maximum absolute atomic E-state index is 9.59. The summed E-state index contributed by atoms with van der Waals surface area (Å²) in [5.74, 6) is 0.541. The molecule has 36 heavy (non-hydrogen) atoms. The predicted octanol–water partition coefficient (Wildman–Crippen LogP) is 5.07.